The van der Waals surface area contributed by atoms with Crippen LogP contribution in [-0.4, -0.2) is 27.4 Å². The lowest BCUT2D eigenvalue weighted by atomic mass is 10.2. The highest BCUT2D eigenvalue weighted by Gasteiger charge is 2.13. The van der Waals surface area contributed by atoms with Gasteiger partial charge in [-0.1, -0.05) is 18.5 Å². The minimum absolute atomic E-state index is 0.297. The molecule has 100 valence electrons. The van der Waals surface area contributed by atoms with Gasteiger partial charge in [0, 0.05) is 25.1 Å². The van der Waals surface area contributed by atoms with Gasteiger partial charge in [-0.25, -0.2) is 9.97 Å². The number of carbonyl (C=O) groups excluding carboxylic acids is 1. The molecule has 2 heterocycles. The van der Waals surface area contributed by atoms with Crippen molar-refractivity contribution in [1.82, 2.24) is 15.0 Å². The fourth-order valence-corrected chi connectivity index (χ4v) is 1.66. The number of amides is 1. The number of carbonyl (C=O) groups is 1. The van der Waals surface area contributed by atoms with Gasteiger partial charge in [0.2, 0.25) is 5.95 Å². The van der Waals surface area contributed by atoms with Crippen molar-refractivity contribution in [3.63, 3.8) is 0 Å². The first-order chi connectivity index (χ1) is 9.20. The number of aromatic amines is 1. The van der Waals surface area contributed by atoms with Gasteiger partial charge in [0.1, 0.15) is 5.82 Å². The van der Waals surface area contributed by atoms with Crippen molar-refractivity contribution in [1.29, 1.82) is 0 Å². The topological polar surface area (TPSA) is 82.7 Å². The van der Waals surface area contributed by atoms with Gasteiger partial charge in [-0.3, -0.25) is 10.1 Å². The lowest BCUT2D eigenvalue weighted by Gasteiger charge is -2.08. The second kappa shape index (κ2) is 6.19. The minimum Gasteiger partial charge on any atom is -0.370 e. The molecule has 0 saturated heterocycles. The van der Waals surface area contributed by atoms with Crippen LogP contribution in [0, 0.1) is 0 Å². The molecule has 0 aromatic carbocycles. The fourth-order valence-electron chi connectivity index (χ4n) is 1.47. The second-order valence-electron chi connectivity index (χ2n) is 3.87. The molecule has 0 radical (unpaired) electrons. The smallest absolute Gasteiger partial charge is 0.259 e. The van der Waals surface area contributed by atoms with Crippen molar-refractivity contribution in [3.8, 4) is 0 Å². The Bertz CT molecular complexity index is 555. The third-order valence-corrected chi connectivity index (χ3v) is 2.69. The Morgan fingerprint density at radius 2 is 2.32 bits per heavy atom. The standard InChI is InChI=1S/C12H14ClN5O/c1-2-3-14-10-6-8(9(13)7-17-10)11(19)18-12-15-4-5-16-12/h4-7H,2-3H2,1H3,(H,14,17)(H2,15,16,18,19). The highest BCUT2D eigenvalue weighted by Crippen LogP contribution is 2.19. The number of anilines is 2. The molecule has 0 aliphatic carbocycles. The van der Waals surface area contributed by atoms with Crippen molar-refractivity contribution in [2.45, 2.75) is 13.3 Å². The van der Waals surface area contributed by atoms with Gasteiger partial charge in [-0.15, -0.1) is 0 Å². The molecule has 2 aromatic heterocycles. The van der Waals surface area contributed by atoms with Crippen LogP contribution in [0.1, 0.15) is 23.7 Å². The summed E-state index contributed by atoms with van der Waals surface area (Å²) in [7, 11) is 0. The van der Waals surface area contributed by atoms with Crippen LogP contribution in [0.2, 0.25) is 5.02 Å². The zero-order valence-corrected chi connectivity index (χ0v) is 11.2. The molecule has 1 amide bonds. The van der Waals surface area contributed by atoms with Crippen molar-refractivity contribution in [2.75, 3.05) is 17.2 Å². The minimum atomic E-state index is -0.332. The first-order valence-corrected chi connectivity index (χ1v) is 6.28. The van der Waals surface area contributed by atoms with E-state index in [9.17, 15) is 4.79 Å². The van der Waals surface area contributed by atoms with E-state index in [-0.39, 0.29) is 5.91 Å². The summed E-state index contributed by atoms with van der Waals surface area (Å²) in [5, 5.41) is 6.02. The van der Waals surface area contributed by atoms with E-state index in [2.05, 4.69) is 25.6 Å². The van der Waals surface area contributed by atoms with E-state index in [0.29, 0.717) is 22.4 Å². The van der Waals surface area contributed by atoms with Crippen LogP contribution in [0.25, 0.3) is 0 Å². The van der Waals surface area contributed by atoms with Crippen molar-refractivity contribution in [3.05, 3.63) is 35.2 Å². The van der Waals surface area contributed by atoms with E-state index >= 15 is 0 Å². The molecular formula is C12H14ClN5O. The molecule has 0 aliphatic rings. The van der Waals surface area contributed by atoms with E-state index in [0.717, 1.165) is 13.0 Å². The largest absolute Gasteiger partial charge is 0.370 e. The van der Waals surface area contributed by atoms with Crippen LogP contribution < -0.4 is 10.6 Å². The second-order valence-corrected chi connectivity index (χ2v) is 4.28. The van der Waals surface area contributed by atoms with Gasteiger partial charge >= 0.3 is 0 Å². The molecule has 7 heteroatoms. The van der Waals surface area contributed by atoms with Crippen molar-refractivity contribution in [2.24, 2.45) is 0 Å². The molecule has 0 saturated carbocycles. The fraction of sp³-hybridized carbons (Fsp3) is 0.250. The maximum absolute atomic E-state index is 12.0. The molecule has 0 fully saturated rings. The van der Waals surface area contributed by atoms with Gasteiger partial charge in [0.25, 0.3) is 5.91 Å². The number of hydrogen-bond donors (Lipinski definition) is 3. The molecule has 19 heavy (non-hydrogen) atoms. The van der Waals surface area contributed by atoms with Crippen LogP contribution >= 0.6 is 11.6 Å². The summed E-state index contributed by atoms with van der Waals surface area (Å²) in [5.41, 5.74) is 0.353. The third kappa shape index (κ3) is 3.45. The highest BCUT2D eigenvalue weighted by molar-refractivity contribution is 6.34. The van der Waals surface area contributed by atoms with Crippen molar-refractivity contribution >= 4 is 29.3 Å². The third-order valence-electron chi connectivity index (χ3n) is 2.39. The Morgan fingerprint density at radius 1 is 1.47 bits per heavy atom. The van der Waals surface area contributed by atoms with Gasteiger partial charge in [-0.2, -0.15) is 0 Å². The number of nitrogens with zero attached hydrogens (tertiary/aromatic N) is 2. The molecule has 0 unspecified atom stereocenters. The van der Waals surface area contributed by atoms with Gasteiger partial charge in [0.05, 0.1) is 10.6 Å². The molecule has 6 nitrogen and oxygen atoms in total. The Morgan fingerprint density at radius 3 is 3.00 bits per heavy atom. The monoisotopic (exact) mass is 279 g/mol. The first kappa shape index (κ1) is 13.4. The van der Waals surface area contributed by atoms with Crippen molar-refractivity contribution < 1.29 is 4.79 Å². The molecule has 0 aliphatic heterocycles. The summed E-state index contributed by atoms with van der Waals surface area (Å²) in [4.78, 5) is 22.9. The first-order valence-electron chi connectivity index (χ1n) is 5.91. The molecule has 0 bridgehead atoms. The summed E-state index contributed by atoms with van der Waals surface area (Å²) in [6.07, 6.45) is 5.60. The summed E-state index contributed by atoms with van der Waals surface area (Å²) >= 11 is 5.98. The molecular weight excluding hydrogens is 266 g/mol. The Kier molecular flexibility index (Phi) is 4.35. The Labute approximate surface area is 115 Å². The zero-order chi connectivity index (χ0) is 13.7. The van der Waals surface area contributed by atoms with Crippen LogP contribution in [-0.2, 0) is 0 Å². The van der Waals surface area contributed by atoms with Gasteiger partial charge in [-0.05, 0) is 12.5 Å². The summed E-state index contributed by atoms with van der Waals surface area (Å²) in [6.45, 7) is 2.83. The molecule has 3 N–H and O–H groups in total. The highest BCUT2D eigenvalue weighted by atomic mass is 35.5. The predicted octanol–water partition coefficient (Wildman–Crippen LogP) is 2.53. The van der Waals surface area contributed by atoms with E-state index in [1.54, 1.807) is 18.5 Å². The van der Waals surface area contributed by atoms with Gasteiger partial charge in [0.15, 0.2) is 0 Å². The number of hydrogen-bond acceptors (Lipinski definition) is 4. The maximum Gasteiger partial charge on any atom is 0.259 e. The number of imidazole rings is 1. The number of aromatic nitrogens is 3. The number of H-pyrrole nitrogens is 1. The SMILES string of the molecule is CCCNc1cc(C(=O)Nc2ncc[nH]2)c(Cl)cn1. The normalized spacial score (nSPS) is 10.2. The van der Waals surface area contributed by atoms with Crippen LogP contribution in [0.3, 0.4) is 0 Å². The molecule has 0 atom stereocenters. The van der Waals surface area contributed by atoms with Gasteiger partial charge < -0.3 is 10.3 Å². The number of rotatable bonds is 5. The Hall–Kier alpha value is -2.08. The van der Waals surface area contributed by atoms with Crippen LogP contribution in [0.4, 0.5) is 11.8 Å². The molecule has 2 aromatic rings. The summed E-state index contributed by atoms with van der Waals surface area (Å²) < 4.78 is 0. The zero-order valence-electron chi connectivity index (χ0n) is 10.4. The quantitative estimate of drug-likeness (QED) is 0.785. The van der Waals surface area contributed by atoms with E-state index < -0.39 is 0 Å². The average Bonchev–Trinajstić information content (AvgIpc) is 2.90. The molecule has 2 rings (SSSR count). The van der Waals surface area contributed by atoms with E-state index in [1.807, 2.05) is 6.92 Å². The maximum atomic E-state index is 12.0. The lowest BCUT2D eigenvalue weighted by molar-refractivity contribution is 0.102. The average molecular weight is 280 g/mol. The van der Waals surface area contributed by atoms with E-state index in [1.165, 1.54) is 6.20 Å². The number of pyridine rings is 1. The number of halogens is 1. The Balaban J connectivity index is 2.15. The lowest BCUT2D eigenvalue weighted by Crippen LogP contribution is -2.14. The summed E-state index contributed by atoms with van der Waals surface area (Å²) in [6, 6.07) is 1.62. The van der Waals surface area contributed by atoms with E-state index in [4.69, 9.17) is 11.6 Å². The van der Waals surface area contributed by atoms with Crippen LogP contribution in [0.15, 0.2) is 24.7 Å². The van der Waals surface area contributed by atoms with Crippen LogP contribution in [0.5, 0.6) is 0 Å². The molecule has 0 spiro atoms. The predicted molar refractivity (Wildman–Crippen MR) is 74.6 cm³/mol. The number of nitrogens with one attached hydrogen (secondary N) is 3. The summed E-state index contributed by atoms with van der Waals surface area (Å²) in [5.74, 6) is 0.665.